The molecule has 2 N–H and O–H groups in total. The highest BCUT2D eigenvalue weighted by atomic mass is 35.5. The molecule has 168 valence electrons. The number of anilines is 1. The van der Waals surface area contributed by atoms with Gasteiger partial charge in [-0.3, -0.25) is 9.78 Å². The zero-order valence-electron chi connectivity index (χ0n) is 18.3. The van der Waals surface area contributed by atoms with Gasteiger partial charge in [0.2, 0.25) is 5.95 Å². The molecule has 3 aromatic rings. The van der Waals surface area contributed by atoms with Gasteiger partial charge in [0.1, 0.15) is 5.75 Å². The second-order valence-electron chi connectivity index (χ2n) is 7.01. The highest BCUT2D eigenvalue weighted by Crippen LogP contribution is 2.37. The van der Waals surface area contributed by atoms with Crippen molar-refractivity contribution in [3.63, 3.8) is 0 Å². The average molecular weight is 457 g/mol. The third-order valence-electron chi connectivity index (χ3n) is 4.20. The minimum absolute atomic E-state index is 0.0474. The minimum Gasteiger partial charge on any atom is -0.497 e. The largest absolute Gasteiger partial charge is 0.497 e. The van der Waals surface area contributed by atoms with Crippen LogP contribution in [0, 0.1) is 0 Å². The molecule has 0 fully saturated rings. The van der Waals surface area contributed by atoms with E-state index in [4.69, 9.17) is 25.8 Å². The average Bonchev–Trinajstić information content (AvgIpc) is 2.76. The van der Waals surface area contributed by atoms with Gasteiger partial charge in [-0.05, 0) is 62.7 Å². The topological polar surface area (TPSA) is 97.8 Å². The van der Waals surface area contributed by atoms with Crippen molar-refractivity contribution in [3.8, 4) is 28.5 Å². The summed E-state index contributed by atoms with van der Waals surface area (Å²) in [5.74, 6) is 1.95. The number of rotatable bonds is 9. The summed E-state index contributed by atoms with van der Waals surface area (Å²) in [7, 11) is 1.59. The van der Waals surface area contributed by atoms with Gasteiger partial charge in [-0.25, -0.2) is 10.4 Å². The number of nitrogens with one attached hydrogen (secondary N) is 2. The van der Waals surface area contributed by atoms with E-state index in [0.717, 1.165) is 11.3 Å². The Kier molecular flexibility index (Phi) is 7.72. The number of benzene rings is 2. The molecule has 3 rings (SSSR count). The van der Waals surface area contributed by atoms with Crippen molar-refractivity contribution < 1.29 is 14.2 Å². The fourth-order valence-electron chi connectivity index (χ4n) is 2.86. The maximum atomic E-state index is 12.1. The van der Waals surface area contributed by atoms with Crippen LogP contribution in [-0.4, -0.2) is 36.0 Å². The van der Waals surface area contributed by atoms with Crippen LogP contribution in [0.3, 0.4) is 0 Å². The predicted octanol–water partition coefficient (Wildman–Crippen LogP) is 4.73. The lowest BCUT2D eigenvalue weighted by Gasteiger charge is -2.16. The number of methoxy groups -OCH3 is 1. The predicted molar refractivity (Wildman–Crippen MR) is 126 cm³/mol. The van der Waals surface area contributed by atoms with Gasteiger partial charge in [0.25, 0.3) is 5.56 Å². The lowest BCUT2D eigenvalue weighted by Crippen LogP contribution is -2.10. The van der Waals surface area contributed by atoms with Crippen molar-refractivity contribution in [2.45, 2.75) is 26.9 Å². The summed E-state index contributed by atoms with van der Waals surface area (Å²) in [5, 5.41) is 4.58. The Morgan fingerprint density at radius 1 is 1.22 bits per heavy atom. The summed E-state index contributed by atoms with van der Waals surface area (Å²) in [5.41, 5.74) is 4.41. The summed E-state index contributed by atoms with van der Waals surface area (Å²) in [6.45, 7) is 6.18. The molecule has 32 heavy (non-hydrogen) atoms. The fourth-order valence-corrected chi connectivity index (χ4v) is 3.13. The Hall–Kier alpha value is -3.52. The van der Waals surface area contributed by atoms with Gasteiger partial charge < -0.3 is 14.2 Å². The van der Waals surface area contributed by atoms with Crippen LogP contribution < -0.4 is 25.2 Å². The Balaban J connectivity index is 1.81. The van der Waals surface area contributed by atoms with Crippen molar-refractivity contribution in [2.75, 3.05) is 19.1 Å². The molecule has 0 atom stereocenters. The molecule has 0 amide bonds. The van der Waals surface area contributed by atoms with E-state index in [1.807, 2.05) is 32.9 Å². The molecule has 0 saturated carbocycles. The summed E-state index contributed by atoms with van der Waals surface area (Å²) in [6, 6.07) is 12.2. The van der Waals surface area contributed by atoms with Gasteiger partial charge in [0, 0.05) is 11.6 Å². The van der Waals surface area contributed by atoms with E-state index in [1.165, 1.54) is 6.07 Å². The van der Waals surface area contributed by atoms with E-state index in [-0.39, 0.29) is 17.6 Å². The number of hydrogen-bond acceptors (Lipinski definition) is 7. The zero-order chi connectivity index (χ0) is 23.1. The normalized spacial score (nSPS) is 11.1. The minimum atomic E-state index is -0.305. The number of hydrogen-bond donors (Lipinski definition) is 2. The second-order valence-corrected chi connectivity index (χ2v) is 7.41. The molecule has 0 radical (unpaired) electrons. The zero-order valence-corrected chi connectivity index (χ0v) is 19.1. The molecule has 0 aliphatic carbocycles. The molecule has 0 spiro atoms. The molecule has 0 aliphatic rings. The summed E-state index contributed by atoms with van der Waals surface area (Å²) in [4.78, 5) is 19.1. The highest BCUT2D eigenvalue weighted by molar-refractivity contribution is 6.32. The molecular weight excluding hydrogens is 432 g/mol. The van der Waals surface area contributed by atoms with E-state index in [0.29, 0.717) is 34.4 Å². The number of ether oxygens (including phenoxy) is 3. The maximum Gasteiger partial charge on any atom is 0.252 e. The lowest BCUT2D eigenvalue weighted by molar-refractivity contribution is 0.224. The molecule has 2 aromatic carbocycles. The monoisotopic (exact) mass is 456 g/mol. The van der Waals surface area contributed by atoms with Crippen LogP contribution in [0.15, 0.2) is 52.4 Å². The molecule has 9 heteroatoms. The molecule has 0 aliphatic heterocycles. The van der Waals surface area contributed by atoms with Crippen LogP contribution in [0.25, 0.3) is 11.3 Å². The number of aromatic nitrogens is 2. The first-order valence-electron chi connectivity index (χ1n) is 10.1. The number of H-pyrrole nitrogens is 1. The van der Waals surface area contributed by atoms with Gasteiger partial charge in [-0.2, -0.15) is 5.10 Å². The van der Waals surface area contributed by atoms with Gasteiger partial charge in [-0.15, -0.1) is 0 Å². The molecule has 0 unspecified atom stereocenters. The van der Waals surface area contributed by atoms with Crippen LogP contribution in [0.4, 0.5) is 5.95 Å². The van der Waals surface area contributed by atoms with E-state index >= 15 is 0 Å². The molecule has 8 nitrogen and oxygen atoms in total. The van der Waals surface area contributed by atoms with E-state index in [2.05, 4.69) is 20.5 Å². The summed E-state index contributed by atoms with van der Waals surface area (Å²) in [6.07, 6.45) is 1.50. The van der Waals surface area contributed by atoms with E-state index in [1.54, 1.807) is 37.6 Å². The Labute approximate surface area is 191 Å². The summed E-state index contributed by atoms with van der Waals surface area (Å²) >= 11 is 6.39. The van der Waals surface area contributed by atoms with E-state index in [9.17, 15) is 4.79 Å². The standard InChI is InChI=1S/C23H25ClN4O4/c1-5-31-20-11-15(10-18(24)22(20)32-14(2)3)13-25-28-23-26-19(12-21(29)27-23)16-6-8-17(30-4)9-7-16/h6-14H,5H2,1-4H3,(H2,26,27,28,29)/b25-13-. The highest BCUT2D eigenvalue weighted by Gasteiger charge is 2.13. The Bertz CT molecular complexity index is 1140. The Morgan fingerprint density at radius 3 is 2.62 bits per heavy atom. The molecule has 1 aromatic heterocycles. The van der Waals surface area contributed by atoms with Crippen LogP contribution in [-0.2, 0) is 0 Å². The first kappa shape index (κ1) is 23.1. The van der Waals surface area contributed by atoms with Crippen LogP contribution in [0.5, 0.6) is 17.2 Å². The third-order valence-corrected chi connectivity index (χ3v) is 4.48. The quantitative estimate of drug-likeness (QED) is 0.357. The van der Waals surface area contributed by atoms with Crippen LogP contribution in [0.1, 0.15) is 26.3 Å². The summed E-state index contributed by atoms with van der Waals surface area (Å²) < 4.78 is 16.6. The van der Waals surface area contributed by atoms with Gasteiger partial charge >= 0.3 is 0 Å². The molecule has 1 heterocycles. The van der Waals surface area contributed by atoms with E-state index < -0.39 is 0 Å². The van der Waals surface area contributed by atoms with Crippen molar-refractivity contribution in [1.29, 1.82) is 0 Å². The second kappa shape index (κ2) is 10.7. The molecule has 0 saturated heterocycles. The number of halogens is 1. The number of nitrogens with zero attached hydrogens (tertiary/aromatic N) is 2. The third kappa shape index (κ3) is 6.01. The van der Waals surface area contributed by atoms with Crippen molar-refractivity contribution in [1.82, 2.24) is 9.97 Å². The SMILES string of the molecule is CCOc1cc(/C=N\Nc2nc(-c3ccc(OC)cc3)cc(=O)[nH]2)cc(Cl)c1OC(C)C. The number of aromatic amines is 1. The number of hydrazone groups is 1. The van der Waals surface area contributed by atoms with Gasteiger partial charge in [0.05, 0.1) is 36.8 Å². The first-order chi connectivity index (χ1) is 15.4. The first-order valence-corrected chi connectivity index (χ1v) is 10.4. The van der Waals surface area contributed by atoms with Gasteiger partial charge in [0.15, 0.2) is 11.5 Å². The lowest BCUT2D eigenvalue weighted by atomic mass is 10.1. The van der Waals surface area contributed by atoms with Crippen molar-refractivity contribution in [3.05, 3.63) is 63.4 Å². The fraction of sp³-hybridized carbons (Fsp3) is 0.261. The molecule has 0 bridgehead atoms. The van der Waals surface area contributed by atoms with Crippen molar-refractivity contribution in [2.24, 2.45) is 5.10 Å². The van der Waals surface area contributed by atoms with Crippen LogP contribution >= 0.6 is 11.6 Å². The Morgan fingerprint density at radius 2 is 1.97 bits per heavy atom. The van der Waals surface area contributed by atoms with Crippen molar-refractivity contribution >= 4 is 23.8 Å². The van der Waals surface area contributed by atoms with Crippen LogP contribution in [0.2, 0.25) is 5.02 Å². The van der Waals surface area contributed by atoms with Gasteiger partial charge in [-0.1, -0.05) is 11.6 Å². The smallest absolute Gasteiger partial charge is 0.252 e. The molecular formula is C23H25ClN4O4. The maximum absolute atomic E-state index is 12.1.